The van der Waals surface area contributed by atoms with Crippen LogP contribution in [0.4, 0.5) is 0 Å². The maximum Gasteiger partial charge on any atom is 0.377 e. The van der Waals surface area contributed by atoms with Crippen LogP contribution in [0, 0.1) is 0 Å². The summed E-state index contributed by atoms with van der Waals surface area (Å²) < 4.78 is 5.63. The third-order valence-electron chi connectivity index (χ3n) is 2.38. The van der Waals surface area contributed by atoms with Gasteiger partial charge < -0.3 is 9.84 Å². The number of carbonyl (C=O) groups excluding carboxylic acids is 1. The number of methoxy groups -OCH3 is 1. The Kier molecular flexibility index (Phi) is 4.28. The van der Waals surface area contributed by atoms with Crippen LogP contribution in [-0.2, 0) is 4.79 Å². The molecule has 1 rings (SSSR count). The molecule has 4 nitrogen and oxygen atoms in total. The van der Waals surface area contributed by atoms with Gasteiger partial charge >= 0.3 is 5.97 Å². The number of Topliss-reactive ketones (excluding diaryl/α,β-unsaturated/α-hetero) is 1. The Bertz CT molecular complexity index is 466. The predicted molar refractivity (Wildman–Crippen MR) is 66.7 cm³/mol. The quantitative estimate of drug-likeness (QED) is 0.686. The molecule has 0 saturated carbocycles. The lowest BCUT2D eigenvalue weighted by Crippen LogP contribution is -2.14. The third-order valence-corrected chi connectivity index (χ3v) is 2.96. The molecular weight excluding hydrogens is 288 g/mol. The van der Waals surface area contributed by atoms with Gasteiger partial charge in [0.25, 0.3) is 5.78 Å². The van der Waals surface area contributed by atoms with Crippen molar-refractivity contribution in [3.05, 3.63) is 27.7 Å². The molecule has 0 spiro atoms. The largest absolute Gasteiger partial charge is 0.495 e. The van der Waals surface area contributed by atoms with E-state index >= 15 is 0 Å². The summed E-state index contributed by atoms with van der Waals surface area (Å²) in [5.41, 5.74) is 0.945. The highest BCUT2D eigenvalue weighted by molar-refractivity contribution is 9.10. The van der Waals surface area contributed by atoms with Gasteiger partial charge in [-0.2, -0.15) is 0 Å². The van der Waals surface area contributed by atoms with E-state index in [0.717, 1.165) is 5.56 Å². The van der Waals surface area contributed by atoms with Crippen molar-refractivity contribution in [1.82, 2.24) is 0 Å². The molecule has 1 aromatic carbocycles. The second-order valence-corrected chi connectivity index (χ2v) is 4.73. The number of aliphatic carboxylic acids is 1. The molecule has 0 bridgehead atoms. The molecule has 17 heavy (non-hydrogen) atoms. The molecule has 1 N–H and O–H groups in total. The molecule has 0 radical (unpaired) electrons. The van der Waals surface area contributed by atoms with E-state index in [0.29, 0.717) is 4.47 Å². The highest BCUT2D eigenvalue weighted by atomic mass is 79.9. The van der Waals surface area contributed by atoms with E-state index in [1.165, 1.54) is 7.11 Å². The van der Waals surface area contributed by atoms with Gasteiger partial charge in [0.05, 0.1) is 17.1 Å². The topological polar surface area (TPSA) is 63.6 Å². The van der Waals surface area contributed by atoms with E-state index in [-0.39, 0.29) is 17.2 Å². The lowest BCUT2D eigenvalue weighted by molar-refractivity contribution is -0.131. The second-order valence-electron chi connectivity index (χ2n) is 3.87. The number of carboxylic acid groups (broad SMARTS) is 1. The van der Waals surface area contributed by atoms with Crippen LogP contribution in [0.25, 0.3) is 0 Å². The molecule has 0 aliphatic carbocycles. The molecule has 0 heterocycles. The van der Waals surface area contributed by atoms with E-state index in [9.17, 15) is 9.59 Å². The Labute approximate surface area is 108 Å². The molecule has 0 unspecified atom stereocenters. The summed E-state index contributed by atoms with van der Waals surface area (Å²) in [6.07, 6.45) is 0. The van der Waals surface area contributed by atoms with E-state index in [2.05, 4.69) is 15.9 Å². The fourth-order valence-electron chi connectivity index (χ4n) is 1.44. The van der Waals surface area contributed by atoms with Crippen LogP contribution in [0.15, 0.2) is 16.6 Å². The van der Waals surface area contributed by atoms with Gasteiger partial charge in [-0.15, -0.1) is 0 Å². The van der Waals surface area contributed by atoms with Gasteiger partial charge in [0, 0.05) is 0 Å². The average molecular weight is 301 g/mol. The van der Waals surface area contributed by atoms with Crippen LogP contribution in [0.1, 0.15) is 35.7 Å². The Morgan fingerprint density at radius 1 is 1.35 bits per heavy atom. The van der Waals surface area contributed by atoms with Crippen molar-refractivity contribution in [2.24, 2.45) is 0 Å². The third kappa shape index (κ3) is 2.85. The van der Waals surface area contributed by atoms with Gasteiger partial charge in [0.2, 0.25) is 0 Å². The lowest BCUT2D eigenvalue weighted by Gasteiger charge is -2.13. The minimum atomic E-state index is -1.49. The normalized spacial score (nSPS) is 10.4. The van der Waals surface area contributed by atoms with Crippen LogP contribution >= 0.6 is 15.9 Å². The first-order valence-corrected chi connectivity index (χ1v) is 5.82. The minimum Gasteiger partial charge on any atom is -0.495 e. The maximum absolute atomic E-state index is 11.6. The standard InChI is InChI=1S/C12H13BrO4/c1-6(2)7-4-8(10(14)12(15)16)11(17-3)9(13)5-7/h4-6H,1-3H3,(H,15,16). The molecule has 0 fully saturated rings. The molecule has 0 aromatic heterocycles. The summed E-state index contributed by atoms with van der Waals surface area (Å²) in [6, 6.07) is 3.38. The van der Waals surface area contributed by atoms with Gasteiger partial charge in [-0.3, -0.25) is 4.79 Å². The van der Waals surface area contributed by atoms with Crippen molar-refractivity contribution in [3.63, 3.8) is 0 Å². The van der Waals surface area contributed by atoms with E-state index in [1.807, 2.05) is 19.9 Å². The summed E-state index contributed by atoms with van der Waals surface area (Å²) in [5.74, 6) is -2.01. The zero-order chi connectivity index (χ0) is 13.2. The second kappa shape index (κ2) is 5.31. The number of halogens is 1. The lowest BCUT2D eigenvalue weighted by atomic mass is 9.98. The number of ether oxygens (including phenoxy) is 1. The van der Waals surface area contributed by atoms with Crippen LogP contribution < -0.4 is 4.74 Å². The maximum atomic E-state index is 11.6. The molecule has 92 valence electrons. The SMILES string of the molecule is COc1c(Br)cc(C(C)C)cc1C(=O)C(=O)O. The minimum absolute atomic E-state index is 0.0677. The molecule has 0 saturated heterocycles. The molecule has 1 aromatic rings. The van der Waals surface area contributed by atoms with Crippen molar-refractivity contribution < 1.29 is 19.4 Å². The Morgan fingerprint density at radius 2 is 1.94 bits per heavy atom. The number of rotatable bonds is 4. The molecule has 0 aliphatic heterocycles. The van der Waals surface area contributed by atoms with Gasteiger partial charge in [-0.1, -0.05) is 13.8 Å². The van der Waals surface area contributed by atoms with Crippen LogP contribution in [-0.4, -0.2) is 24.0 Å². The Balaban J connectivity index is 3.44. The van der Waals surface area contributed by atoms with Crippen LogP contribution in [0.2, 0.25) is 0 Å². The van der Waals surface area contributed by atoms with Crippen molar-refractivity contribution in [2.75, 3.05) is 7.11 Å². The van der Waals surface area contributed by atoms with Crippen LogP contribution in [0.5, 0.6) is 5.75 Å². The number of ketones is 1. The van der Waals surface area contributed by atoms with E-state index in [1.54, 1.807) is 6.07 Å². The molecule has 0 amide bonds. The number of hydrogen-bond acceptors (Lipinski definition) is 3. The highest BCUT2D eigenvalue weighted by Crippen LogP contribution is 2.33. The van der Waals surface area contributed by atoms with E-state index < -0.39 is 11.8 Å². The molecule has 5 heteroatoms. The van der Waals surface area contributed by atoms with Gasteiger partial charge in [0.15, 0.2) is 0 Å². The van der Waals surface area contributed by atoms with E-state index in [4.69, 9.17) is 9.84 Å². The summed E-state index contributed by atoms with van der Waals surface area (Å²) >= 11 is 3.27. The number of benzene rings is 1. The molecular formula is C12H13BrO4. The monoisotopic (exact) mass is 300 g/mol. The first kappa shape index (κ1) is 13.7. The number of carboxylic acids is 1. The summed E-state index contributed by atoms with van der Waals surface area (Å²) in [5, 5.41) is 8.76. The zero-order valence-electron chi connectivity index (χ0n) is 9.78. The Hall–Kier alpha value is -1.36. The Morgan fingerprint density at radius 3 is 2.35 bits per heavy atom. The zero-order valence-corrected chi connectivity index (χ0v) is 11.4. The fourth-order valence-corrected chi connectivity index (χ4v) is 2.08. The van der Waals surface area contributed by atoms with Gasteiger partial charge in [-0.05, 0) is 39.5 Å². The number of carbonyl (C=O) groups is 2. The molecule has 0 atom stereocenters. The smallest absolute Gasteiger partial charge is 0.377 e. The molecule has 0 aliphatic rings. The van der Waals surface area contributed by atoms with Gasteiger partial charge in [0.1, 0.15) is 5.75 Å². The van der Waals surface area contributed by atoms with Crippen LogP contribution in [0.3, 0.4) is 0 Å². The average Bonchev–Trinajstić information content (AvgIpc) is 2.26. The summed E-state index contributed by atoms with van der Waals surface area (Å²) in [6.45, 7) is 3.92. The highest BCUT2D eigenvalue weighted by Gasteiger charge is 2.22. The number of hydrogen-bond donors (Lipinski definition) is 1. The summed E-state index contributed by atoms with van der Waals surface area (Å²) in [4.78, 5) is 22.3. The van der Waals surface area contributed by atoms with Crippen molar-refractivity contribution in [2.45, 2.75) is 19.8 Å². The van der Waals surface area contributed by atoms with Gasteiger partial charge in [-0.25, -0.2) is 4.79 Å². The van der Waals surface area contributed by atoms with Crippen molar-refractivity contribution in [1.29, 1.82) is 0 Å². The first-order valence-electron chi connectivity index (χ1n) is 5.03. The first-order chi connectivity index (χ1) is 7.88. The summed E-state index contributed by atoms with van der Waals surface area (Å²) in [7, 11) is 1.40. The van der Waals surface area contributed by atoms with Crippen molar-refractivity contribution >= 4 is 27.7 Å². The predicted octanol–water partition coefficient (Wildman–Crippen LogP) is 2.85. The van der Waals surface area contributed by atoms with Crippen molar-refractivity contribution in [3.8, 4) is 5.75 Å². The fraction of sp³-hybridized carbons (Fsp3) is 0.333.